The standard InChI is InChI=1S/C17H17NO3S2/c1-9(19)22-11-3-5-13-15(7-11)16-8-12(23-10(2)20)4-6-14(16)17(13)18-21/h3-10,19-21H,1-2H3. The molecule has 0 aromatic heterocycles. The minimum Gasteiger partial charge on any atom is -0.410 e. The van der Waals surface area contributed by atoms with E-state index in [1.54, 1.807) is 13.8 Å². The molecule has 2 aromatic carbocycles. The molecular formula is C17H17NO3S2. The Morgan fingerprint density at radius 1 is 0.783 bits per heavy atom. The predicted octanol–water partition coefficient (Wildman–Crippen LogP) is 3.75. The molecule has 120 valence electrons. The molecule has 1 aliphatic carbocycles. The van der Waals surface area contributed by atoms with Crippen LogP contribution < -0.4 is 0 Å². The first-order valence-corrected chi connectivity index (χ1v) is 8.96. The minimum atomic E-state index is -0.489. The monoisotopic (exact) mass is 347 g/mol. The second-order valence-corrected chi connectivity index (χ2v) is 8.08. The summed E-state index contributed by atoms with van der Waals surface area (Å²) < 4.78 is 0. The van der Waals surface area contributed by atoms with Crippen molar-refractivity contribution < 1.29 is 15.4 Å². The number of aliphatic hydroxyl groups is 2. The number of hydrogen-bond donors (Lipinski definition) is 3. The maximum atomic E-state index is 9.56. The third kappa shape index (κ3) is 3.26. The maximum absolute atomic E-state index is 9.56. The van der Waals surface area contributed by atoms with Crippen molar-refractivity contribution in [3.8, 4) is 11.1 Å². The third-order valence-corrected chi connectivity index (χ3v) is 5.23. The van der Waals surface area contributed by atoms with E-state index in [9.17, 15) is 15.4 Å². The molecule has 4 nitrogen and oxygen atoms in total. The van der Waals surface area contributed by atoms with E-state index in [-0.39, 0.29) is 0 Å². The van der Waals surface area contributed by atoms with Gasteiger partial charge in [0.25, 0.3) is 0 Å². The van der Waals surface area contributed by atoms with Crippen molar-refractivity contribution in [1.82, 2.24) is 0 Å². The quantitative estimate of drug-likeness (QED) is 0.290. The Labute approximate surface area is 143 Å². The number of rotatable bonds is 4. The molecule has 23 heavy (non-hydrogen) atoms. The van der Waals surface area contributed by atoms with Gasteiger partial charge in [-0.15, -0.1) is 0 Å². The summed E-state index contributed by atoms with van der Waals surface area (Å²) in [6.45, 7) is 3.45. The van der Waals surface area contributed by atoms with Crippen molar-refractivity contribution in [1.29, 1.82) is 0 Å². The zero-order chi connectivity index (χ0) is 16.6. The molecule has 0 amide bonds. The van der Waals surface area contributed by atoms with Gasteiger partial charge in [0.2, 0.25) is 0 Å². The van der Waals surface area contributed by atoms with Crippen LogP contribution in [0.25, 0.3) is 11.1 Å². The van der Waals surface area contributed by atoms with Crippen LogP contribution in [0.15, 0.2) is 51.3 Å². The lowest BCUT2D eigenvalue weighted by Crippen LogP contribution is -1.98. The Morgan fingerprint density at radius 3 is 1.57 bits per heavy atom. The van der Waals surface area contributed by atoms with Gasteiger partial charge in [0.05, 0.1) is 0 Å². The van der Waals surface area contributed by atoms with Crippen LogP contribution in [0.5, 0.6) is 0 Å². The van der Waals surface area contributed by atoms with Gasteiger partial charge in [0, 0.05) is 20.9 Å². The van der Waals surface area contributed by atoms with Crippen LogP contribution in [0.3, 0.4) is 0 Å². The first-order chi connectivity index (χ1) is 11.0. The van der Waals surface area contributed by atoms with E-state index in [0.29, 0.717) is 5.71 Å². The van der Waals surface area contributed by atoms with Gasteiger partial charge in [0.15, 0.2) is 0 Å². The molecule has 6 heteroatoms. The SMILES string of the molecule is CC(O)Sc1ccc2c(c1)-c1cc(SC(C)O)ccc1C2=NO. The van der Waals surface area contributed by atoms with Crippen LogP contribution in [0.2, 0.25) is 0 Å². The molecule has 0 radical (unpaired) electrons. The van der Waals surface area contributed by atoms with Crippen LogP contribution >= 0.6 is 23.5 Å². The number of nitrogens with zero attached hydrogens (tertiary/aromatic N) is 1. The highest BCUT2D eigenvalue weighted by molar-refractivity contribution is 8.00. The molecule has 1 aliphatic rings. The lowest BCUT2D eigenvalue weighted by Gasteiger charge is -2.08. The third-order valence-electron chi connectivity index (χ3n) is 3.50. The van der Waals surface area contributed by atoms with E-state index < -0.39 is 10.9 Å². The average molecular weight is 347 g/mol. The fraction of sp³-hybridized carbons (Fsp3) is 0.235. The highest BCUT2D eigenvalue weighted by atomic mass is 32.2. The molecule has 0 fully saturated rings. The van der Waals surface area contributed by atoms with E-state index in [0.717, 1.165) is 32.0 Å². The first kappa shape index (κ1) is 16.4. The highest BCUT2D eigenvalue weighted by Gasteiger charge is 2.26. The summed E-state index contributed by atoms with van der Waals surface area (Å²) in [5.74, 6) is 0. The molecule has 2 atom stereocenters. The predicted molar refractivity (Wildman–Crippen MR) is 94.4 cm³/mol. The lowest BCUT2D eigenvalue weighted by atomic mass is 10.1. The van der Waals surface area contributed by atoms with Gasteiger partial charge >= 0.3 is 0 Å². The number of oxime groups is 1. The summed E-state index contributed by atoms with van der Waals surface area (Å²) in [4.78, 5) is 1.91. The second-order valence-electron chi connectivity index (χ2n) is 5.30. The van der Waals surface area contributed by atoms with Gasteiger partial charge in [-0.1, -0.05) is 40.8 Å². The van der Waals surface area contributed by atoms with E-state index in [2.05, 4.69) is 5.16 Å². The lowest BCUT2D eigenvalue weighted by molar-refractivity contribution is 0.283. The molecule has 0 saturated carbocycles. The van der Waals surface area contributed by atoms with E-state index in [1.807, 2.05) is 36.4 Å². The van der Waals surface area contributed by atoms with Crippen molar-refractivity contribution in [2.45, 2.75) is 34.5 Å². The molecule has 3 N–H and O–H groups in total. The smallest absolute Gasteiger partial charge is 0.118 e. The van der Waals surface area contributed by atoms with Gasteiger partial charge in [0.1, 0.15) is 16.6 Å². The fourth-order valence-corrected chi connectivity index (χ4v) is 4.15. The maximum Gasteiger partial charge on any atom is 0.118 e. The summed E-state index contributed by atoms with van der Waals surface area (Å²) >= 11 is 2.74. The summed E-state index contributed by atoms with van der Waals surface area (Å²) in [5, 5.41) is 32.0. The molecule has 2 unspecified atom stereocenters. The Bertz CT molecular complexity index is 711. The normalized spacial score (nSPS) is 15.0. The topological polar surface area (TPSA) is 73.0 Å². The van der Waals surface area contributed by atoms with Gasteiger partial charge < -0.3 is 15.4 Å². The summed E-state index contributed by atoms with van der Waals surface area (Å²) in [7, 11) is 0. The molecular weight excluding hydrogens is 330 g/mol. The average Bonchev–Trinajstić information content (AvgIpc) is 2.78. The van der Waals surface area contributed by atoms with Crippen molar-refractivity contribution >= 4 is 29.2 Å². The van der Waals surface area contributed by atoms with E-state index in [4.69, 9.17) is 0 Å². The van der Waals surface area contributed by atoms with Crippen molar-refractivity contribution in [2.75, 3.05) is 0 Å². The summed E-state index contributed by atoms with van der Waals surface area (Å²) in [6, 6.07) is 11.7. The van der Waals surface area contributed by atoms with Crippen LogP contribution in [0.1, 0.15) is 25.0 Å². The minimum absolute atomic E-state index is 0.489. The van der Waals surface area contributed by atoms with Crippen molar-refractivity contribution in [3.05, 3.63) is 47.5 Å². The van der Waals surface area contributed by atoms with Gasteiger partial charge in [-0.05, 0) is 49.2 Å². The zero-order valence-corrected chi connectivity index (χ0v) is 14.4. The number of thioether (sulfide) groups is 2. The Balaban J connectivity index is 2.11. The van der Waals surface area contributed by atoms with Gasteiger partial charge in [-0.2, -0.15) is 0 Å². The number of benzene rings is 2. The Morgan fingerprint density at radius 2 is 1.22 bits per heavy atom. The molecule has 0 aliphatic heterocycles. The highest BCUT2D eigenvalue weighted by Crippen LogP contribution is 2.41. The summed E-state index contributed by atoms with van der Waals surface area (Å²) in [5.41, 5.74) is 3.28. The molecule has 0 spiro atoms. The van der Waals surface area contributed by atoms with Gasteiger partial charge in [-0.25, -0.2) is 0 Å². The molecule has 0 heterocycles. The Hall–Kier alpha value is -1.47. The largest absolute Gasteiger partial charge is 0.410 e. The second kappa shape index (κ2) is 6.57. The molecule has 0 saturated heterocycles. The van der Waals surface area contributed by atoms with Crippen LogP contribution in [0, 0.1) is 0 Å². The number of hydrogen-bond acceptors (Lipinski definition) is 6. The molecule has 0 bridgehead atoms. The van der Waals surface area contributed by atoms with Crippen molar-refractivity contribution in [3.63, 3.8) is 0 Å². The first-order valence-electron chi connectivity index (χ1n) is 7.20. The van der Waals surface area contributed by atoms with Gasteiger partial charge in [-0.3, -0.25) is 0 Å². The number of fused-ring (bicyclic) bond motifs is 3. The fourth-order valence-electron chi connectivity index (χ4n) is 2.70. The van der Waals surface area contributed by atoms with E-state index >= 15 is 0 Å². The van der Waals surface area contributed by atoms with E-state index in [1.165, 1.54) is 23.5 Å². The summed E-state index contributed by atoms with van der Waals surface area (Å²) in [6.07, 6.45) is 0. The van der Waals surface area contributed by atoms with Crippen molar-refractivity contribution in [2.24, 2.45) is 5.16 Å². The van der Waals surface area contributed by atoms with Crippen LogP contribution in [0.4, 0.5) is 0 Å². The number of aliphatic hydroxyl groups excluding tert-OH is 2. The zero-order valence-electron chi connectivity index (χ0n) is 12.7. The Kier molecular flexibility index (Phi) is 4.68. The van der Waals surface area contributed by atoms with Crippen LogP contribution in [-0.4, -0.2) is 32.0 Å². The molecule has 3 rings (SSSR count). The molecule has 2 aromatic rings. The van der Waals surface area contributed by atoms with Crippen LogP contribution in [-0.2, 0) is 0 Å².